The summed E-state index contributed by atoms with van der Waals surface area (Å²) < 4.78 is 4.91. The van der Waals surface area contributed by atoms with Crippen LogP contribution in [0.4, 0.5) is 0 Å². The van der Waals surface area contributed by atoms with Crippen molar-refractivity contribution >= 4 is 5.97 Å². The molecule has 1 aromatic rings. The van der Waals surface area contributed by atoms with E-state index in [2.05, 4.69) is 6.92 Å². The van der Waals surface area contributed by atoms with E-state index in [4.69, 9.17) is 4.74 Å². The summed E-state index contributed by atoms with van der Waals surface area (Å²) in [6, 6.07) is 9.93. The predicted molar refractivity (Wildman–Crippen MR) is 54.0 cm³/mol. The largest absolute Gasteiger partial charge is 0.463 e. The first kappa shape index (κ1) is 9.25. The predicted octanol–water partition coefficient (Wildman–Crippen LogP) is 2.28. The van der Waals surface area contributed by atoms with Crippen molar-refractivity contribution in [3.63, 3.8) is 0 Å². The average molecular weight is 190 g/mol. The number of benzene rings is 1. The minimum absolute atomic E-state index is 0.0643. The van der Waals surface area contributed by atoms with Gasteiger partial charge >= 0.3 is 5.97 Å². The molecule has 0 aliphatic carbocycles. The van der Waals surface area contributed by atoms with Crippen LogP contribution in [-0.4, -0.2) is 12.6 Å². The van der Waals surface area contributed by atoms with Crippen LogP contribution in [0.1, 0.15) is 25.3 Å². The molecule has 1 aliphatic heterocycles. The Hall–Kier alpha value is -1.31. The highest BCUT2D eigenvalue weighted by Crippen LogP contribution is 2.37. The maximum absolute atomic E-state index is 11.5. The lowest BCUT2D eigenvalue weighted by Crippen LogP contribution is -2.51. The van der Waals surface area contributed by atoms with Crippen molar-refractivity contribution in [3.05, 3.63) is 35.9 Å². The smallest absolute Gasteiger partial charge is 0.320 e. The summed E-state index contributed by atoms with van der Waals surface area (Å²) in [4.78, 5) is 11.5. The third-order valence-corrected chi connectivity index (χ3v) is 2.84. The molecule has 0 saturated carbocycles. The van der Waals surface area contributed by atoms with E-state index in [1.165, 1.54) is 0 Å². The highest BCUT2D eigenvalue weighted by molar-refractivity contribution is 5.88. The van der Waals surface area contributed by atoms with Crippen molar-refractivity contribution < 1.29 is 9.53 Å². The van der Waals surface area contributed by atoms with E-state index < -0.39 is 0 Å². The first-order valence-corrected chi connectivity index (χ1v) is 5.02. The van der Waals surface area contributed by atoms with Crippen LogP contribution in [0.2, 0.25) is 0 Å². The van der Waals surface area contributed by atoms with Gasteiger partial charge in [0.1, 0.15) is 12.0 Å². The maximum atomic E-state index is 11.5. The number of ether oxygens (including phenoxy) is 1. The van der Waals surface area contributed by atoms with E-state index in [9.17, 15) is 4.79 Å². The molecule has 1 fully saturated rings. The molecule has 1 aromatic carbocycles. The molecule has 0 bridgehead atoms. The zero-order chi connectivity index (χ0) is 10.0. The van der Waals surface area contributed by atoms with Gasteiger partial charge in [0.15, 0.2) is 0 Å². The van der Waals surface area contributed by atoms with Crippen LogP contribution < -0.4 is 0 Å². The van der Waals surface area contributed by atoms with Crippen molar-refractivity contribution in [1.82, 2.24) is 0 Å². The second-order valence-corrected chi connectivity index (χ2v) is 3.77. The molecule has 0 radical (unpaired) electrons. The van der Waals surface area contributed by atoms with Gasteiger partial charge in [-0.15, -0.1) is 0 Å². The summed E-state index contributed by atoms with van der Waals surface area (Å²) in [6.45, 7) is 2.64. The first-order chi connectivity index (χ1) is 6.79. The van der Waals surface area contributed by atoms with Crippen LogP contribution >= 0.6 is 0 Å². The Morgan fingerprint density at radius 2 is 2.07 bits per heavy atom. The minimum atomic E-state index is -0.337. The molecule has 1 heterocycles. The van der Waals surface area contributed by atoms with Gasteiger partial charge in [0.05, 0.1) is 0 Å². The number of carbonyl (C=O) groups excluding carboxylic acids is 1. The summed E-state index contributed by atoms with van der Waals surface area (Å²) >= 11 is 0. The van der Waals surface area contributed by atoms with Gasteiger partial charge in [-0.3, -0.25) is 4.79 Å². The van der Waals surface area contributed by atoms with E-state index in [0.717, 1.165) is 18.4 Å². The van der Waals surface area contributed by atoms with Gasteiger partial charge in [-0.2, -0.15) is 0 Å². The number of hydrogen-bond acceptors (Lipinski definition) is 2. The molecule has 2 nitrogen and oxygen atoms in total. The monoisotopic (exact) mass is 190 g/mol. The zero-order valence-electron chi connectivity index (χ0n) is 8.32. The maximum Gasteiger partial charge on any atom is 0.320 e. The molecule has 0 aromatic heterocycles. The highest BCUT2D eigenvalue weighted by Gasteiger charge is 2.49. The van der Waals surface area contributed by atoms with Crippen molar-refractivity contribution in [2.45, 2.75) is 25.2 Å². The number of cyclic esters (lactones) is 1. The third kappa shape index (κ3) is 1.22. The second-order valence-electron chi connectivity index (χ2n) is 3.77. The van der Waals surface area contributed by atoms with Crippen molar-refractivity contribution in [1.29, 1.82) is 0 Å². The Labute approximate surface area is 83.9 Å². The van der Waals surface area contributed by atoms with Crippen LogP contribution in [0.5, 0.6) is 0 Å². The molecule has 2 heteroatoms. The quantitative estimate of drug-likeness (QED) is 0.683. The standard InChI is InChI=1S/C12H14O2/c1-2-8-12(9-14-11(12)13)10-6-4-3-5-7-10/h3-7H,2,8-9H2,1H3. The van der Waals surface area contributed by atoms with Gasteiger partial charge in [0.25, 0.3) is 0 Å². The molecular formula is C12H14O2. The minimum Gasteiger partial charge on any atom is -0.463 e. The Balaban J connectivity index is 2.33. The van der Waals surface area contributed by atoms with E-state index in [-0.39, 0.29) is 11.4 Å². The van der Waals surface area contributed by atoms with Gasteiger partial charge < -0.3 is 4.74 Å². The van der Waals surface area contributed by atoms with Gasteiger partial charge in [0, 0.05) is 0 Å². The molecule has 1 saturated heterocycles. The SMILES string of the molecule is CCCC1(c2ccccc2)COC1=O. The Kier molecular flexibility index (Phi) is 2.28. The molecule has 74 valence electrons. The van der Waals surface area contributed by atoms with E-state index in [1.54, 1.807) is 0 Å². The molecule has 0 N–H and O–H groups in total. The summed E-state index contributed by atoms with van der Waals surface area (Å²) in [7, 11) is 0. The van der Waals surface area contributed by atoms with Crippen LogP contribution in [0.3, 0.4) is 0 Å². The fraction of sp³-hybridized carbons (Fsp3) is 0.417. The Bertz CT molecular complexity index is 331. The molecule has 1 unspecified atom stereocenters. The number of esters is 1. The summed E-state index contributed by atoms with van der Waals surface area (Å²) in [5.41, 5.74) is 0.758. The van der Waals surface area contributed by atoms with Gasteiger partial charge in [-0.1, -0.05) is 43.7 Å². The number of hydrogen-bond donors (Lipinski definition) is 0. The van der Waals surface area contributed by atoms with Crippen molar-refractivity contribution in [3.8, 4) is 0 Å². The molecular weight excluding hydrogens is 176 g/mol. The topological polar surface area (TPSA) is 26.3 Å². The highest BCUT2D eigenvalue weighted by atomic mass is 16.6. The molecule has 14 heavy (non-hydrogen) atoms. The number of rotatable bonds is 3. The second kappa shape index (κ2) is 3.45. The van der Waals surface area contributed by atoms with Crippen LogP contribution in [0.15, 0.2) is 30.3 Å². The van der Waals surface area contributed by atoms with Gasteiger partial charge in [-0.25, -0.2) is 0 Å². The lowest BCUT2D eigenvalue weighted by atomic mass is 9.74. The summed E-state index contributed by atoms with van der Waals surface area (Å²) in [6.07, 6.45) is 1.89. The van der Waals surface area contributed by atoms with E-state index in [1.807, 2.05) is 30.3 Å². The van der Waals surface area contributed by atoms with Crippen LogP contribution in [-0.2, 0) is 14.9 Å². The van der Waals surface area contributed by atoms with Crippen LogP contribution in [0.25, 0.3) is 0 Å². The lowest BCUT2D eigenvalue weighted by Gasteiger charge is -2.39. The van der Waals surface area contributed by atoms with Crippen LogP contribution in [0, 0.1) is 0 Å². The summed E-state index contributed by atoms with van der Waals surface area (Å²) in [5.74, 6) is -0.0643. The normalized spacial score (nSPS) is 25.4. The third-order valence-electron chi connectivity index (χ3n) is 2.84. The Morgan fingerprint density at radius 3 is 2.50 bits per heavy atom. The van der Waals surface area contributed by atoms with Crippen molar-refractivity contribution in [2.75, 3.05) is 6.61 Å². The lowest BCUT2D eigenvalue weighted by molar-refractivity contribution is -0.174. The fourth-order valence-electron chi connectivity index (χ4n) is 2.01. The average Bonchev–Trinajstić information content (AvgIpc) is 2.25. The first-order valence-electron chi connectivity index (χ1n) is 5.02. The molecule has 0 spiro atoms. The zero-order valence-corrected chi connectivity index (χ0v) is 8.32. The molecule has 1 atom stereocenters. The van der Waals surface area contributed by atoms with Crippen molar-refractivity contribution in [2.24, 2.45) is 0 Å². The number of carbonyl (C=O) groups is 1. The van der Waals surface area contributed by atoms with Gasteiger partial charge in [0.2, 0.25) is 0 Å². The van der Waals surface area contributed by atoms with E-state index in [0.29, 0.717) is 6.61 Å². The van der Waals surface area contributed by atoms with E-state index >= 15 is 0 Å². The van der Waals surface area contributed by atoms with Gasteiger partial charge in [-0.05, 0) is 12.0 Å². The molecule has 1 aliphatic rings. The summed E-state index contributed by atoms with van der Waals surface area (Å²) in [5, 5.41) is 0. The molecule has 2 rings (SSSR count). The fourth-order valence-corrected chi connectivity index (χ4v) is 2.01. The Morgan fingerprint density at radius 1 is 1.36 bits per heavy atom. The molecule has 0 amide bonds.